The van der Waals surface area contributed by atoms with E-state index in [2.05, 4.69) is 32.7 Å². The number of nitrogens with zero attached hydrogens (tertiary/aromatic N) is 2. The molecule has 6 nitrogen and oxygen atoms in total. The molecule has 3 aromatic rings. The molecule has 0 saturated carbocycles. The predicted octanol–water partition coefficient (Wildman–Crippen LogP) is 3.59. The number of anilines is 2. The van der Waals surface area contributed by atoms with E-state index in [1.165, 1.54) is 11.9 Å². The lowest BCUT2D eigenvalue weighted by Gasteiger charge is -2.11. The number of nitrogens with one attached hydrogen (secondary N) is 2. The monoisotopic (exact) mass is 362 g/mol. The van der Waals surface area contributed by atoms with Crippen LogP contribution in [0, 0.1) is 0 Å². The van der Waals surface area contributed by atoms with E-state index in [0.717, 1.165) is 18.5 Å². The summed E-state index contributed by atoms with van der Waals surface area (Å²) in [5.74, 6) is 1.01. The van der Waals surface area contributed by atoms with E-state index >= 15 is 0 Å². The zero-order chi connectivity index (χ0) is 18.9. The molecule has 0 radical (unpaired) electrons. The van der Waals surface area contributed by atoms with Gasteiger partial charge < -0.3 is 15.4 Å². The van der Waals surface area contributed by atoms with Crippen molar-refractivity contribution in [3.05, 3.63) is 78.2 Å². The predicted molar refractivity (Wildman–Crippen MR) is 105 cm³/mol. The van der Waals surface area contributed by atoms with Crippen molar-refractivity contribution in [2.24, 2.45) is 0 Å². The molecule has 1 heterocycles. The summed E-state index contributed by atoms with van der Waals surface area (Å²) in [5.41, 5.74) is 2.35. The molecule has 6 heteroatoms. The second kappa shape index (κ2) is 9.33. The van der Waals surface area contributed by atoms with Crippen molar-refractivity contribution in [2.75, 3.05) is 19.0 Å². The molecule has 3 rings (SSSR count). The summed E-state index contributed by atoms with van der Waals surface area (Å²) in [7, 11) is 1.61. The van der Waals surface area contributed by atoms with Crippen molar-refractivity contribution in [1.82, 2.24) is 15.3 Å². The maximum Gasteiger partial charge on any atom is 0.270 e. The van der Waals surface area contributed by atoms with Gasteiger partial charge in [0.05, 0.1) is 12.8 Å². The normalized spacial score (nSPS) is 10.3. The lowest BCUT2D eigenvalue weighted by molar-refractivity contribution is 0.0948. The Balaban J connectivity index is 1.55. The number of methoxy groups -OCH3 is 1. The summed E-state index contributed by atoms with van der Waals surface area (Å²) in [6.45, 7) is 0.590. The van der Waals surface area contributed by atoms with Gasteiger partial charge in [-0.15, -0.1) is 0 Å². The number of para-hydroxylation sites is 2. The van der Waals surface area contributed by atoms with Crippen LogP contribution in [0.1, 0.15) is 22.5 Å². The summed E-state index contributed by atoms with van der Waals surface area (Å²) in [6.07, 6.45) is 3.16. The van der Waals surface area contributed by atoms with Gasteiger partial charge in [0.2, 0.25) is 0 Å². The number of ether oxygens (including phenoxy) is 1. The van der Waals surface area contributed by atoms with E-state index in [-0.39, 0.29) is 5.91 Å². The molecule has 1 amide bonds. The van der Waals surface area contributed by atoms with Crippen LogP contribution in [0.25, 0.3) is 0 Å². The first-order chi connectivity index (χ1) is 13.3. The first-order valence-electron chi connectivity index (χ1n) is 8.80. The van der Waals surface area contributed by atoms with Gasteiger partial charge in [-0.05, 0) is 30.5 Å². The topological polar surface area (TPSA) is 76.1 Å². The Bertz CT molecular complexity index is 884. The van der Waals surface area contributed by atoms with Gasteiger partial charge in [-0.2, -0.15) is 0 Å². The van der Waals surface area contributed by atoms with E-state index in [1.807, 2.05) is 42.5 Å². The molecule has 0 aliphatic carbocycles. The zero-order valence-corrected chi connectivity index (χ0v) is 15.2. The van der Waals surface area contributed by atoms with Crippen LogP contribution in [0.4, 0.5) is 11.5 Å². The van der Waals surface area contributed by atoms with Crippen LogP contribution in [-0.2, 0) is 6.42 Å². The van der Waals surface area contributed by atoms with Gasteiger partial charge in [-0.1, -0.05) is 42.5 Å². The van der Waals surface area contributed by atoms with Crippen LogP contribution >= 0.6 is 0 Å². The van der Waals surface area contributed by atoms with Crippen molar-refractivity contribution in [3.63, 3.8) is 0 Å². The highest BCUT2D eigenvalue weighted by molar-refractivity contribution is 5.93. The van der Waals surface area contributed by atoms with Crippen LogP contribution in [0.3, 0.4) is 0 Å². The Hall–Kier alpha value is -3.41. The van der Waals surface area contributed by atoms with Gasteiger partial charge in [0.25, 0.3) is 5.91 Å². The standard InChI is InChI=1S/C21H22N4O2/c1-27-19-12-6-5-11-17(19)25-20-14-18(23-15-24-20)21(26)22-13-7-10-16-8-3-2-4-9-16/h2-6,8-9,11-12,14-15H,7,10,13H2,1H3,(H,22,26)(H,23,24,25). The number of aryl methyl sites for hydroxylation is 1. The molecule has 0 fully saturated rings. The van der Waals surface area contributed by atoms with Gasteiger partial charge in [-0.3, -0.25) is 4.79 Å². The van der Waals surface area contributed by atoms with E-state index in [0.29, 0.717) is 23.8 Å². The second-order valence-electron chi connectivity index (χ2n) is 5.96. The fourth-order valence-electron chi connectivity index (χ4n) is 2.67. The molecule has 27 heavy (non-hydrogen) atoms. The molecule has 0 aliphatic heterocycles. The number of carbonyl (C=O) groups excluding carboxylic acids is 1. The molecule has 0 unspecified atom stereocenters. The lowest BCUT2D eigenvalue weighted by atomic mass is 10.1. The summed E-state index contributed by atoms with van der Waals surface area (Å²) in [4.78, 5) is 20.6. The summed E-state index contributed by atoms with van der Waals surface area (Å²) < 4.78 is 5.31. The van der Waals surface area contributed by atoms with Gasteiger partial charge in [-0.25, -0.2) is 9.97 Å². The molecular weight excluding hydrogens is 340 g/mol. The highest BCUT2D eigenvalue weighted by Gasteiger charge is 2.09. The van der Waals surface area contributed by atoms with Gasteiger partial charge in [0, 0.05) is 12.6 Å². The minimum atomic E-state index is -0.214. The van der Waals surface area contributed by atoms with Gasteiger partial charge in [0.15, 0.2) is 0 Å². The fraction of sp³-hybridized carbons (Fsp3) is 0.190. The van der Waals surface area contributed by atoms with E-state index in [9.17, 15) is 4.79 Å². The van der Waals surface area contributed by atoms with Crippen LogP contribution in [0.5, 0.6) is 5.75 Å². The number of hydrogen-bond acceptors (Lipinski definition) is 5. The van der Waals surface area contributed by atoms with Crippen LogP contribution in [0.15, 0.2) is 67.0 Å². The third-order valence-electron chi connectivity index (χ3n) is 4.04. The Morgan fingerprint density at radius 3 is 2.63 bits per heavy atom. The fourth-order valence-corrected chi connectivity index (χ4v) is 2.67. The summed E-state index contributed by atoms with van der Waals surface area (Å²) >= 11 is 0. The first kappa shape index (κ1) is 18.4. The SMILES string of the molecule is COc1ccccc1Nc1cc(C(=O)NCCCc2ccccc2)ncn1. The van der Waals surface area contributed by atoms with Crippen molar-refractivity contribution >= 4 is 17.4 Å². The van der Waals surface area contributed by atoms with Gasteiger partial charge in [0.1, 0.15) is 23.6 Å². The molecule has 2 aromatic carbocycles. The van der Waals surface area contributed by atoms with Crippen molar-refractivity contribution in [3.8, 4) is 5.75 Å². The molecule has 0 atom stereocenters. The number of amides is 1. The molecule has 0 spiro atoms. The smallest absolute Gasteiger partial charge is 0.270 e. The minimum Gasteiger partial charge on any atom is -0.495 e. The van der Waals surface area contributed by atoms with E-state index in [4.69, 9.17) is 4.74 Å². The first-order valence-corrected chi connectivity index (χ1v) is 8.80. The van der Waals surface area contributed by atoms with Crippen LogP contribution in [0.2, 0.25) is 0 Å². The molecule has 0 aliphatic rings. The summed E-state index contributed by atoms with van der Waals surface area (Å²) in [5, 5.41) is 6.05. The molecule has 0 saturated heterocycles. The molecule has 1 aromatic heterocycles. The van der Waals surface area contributed by atoms with Gasteiger partial charge >= 0.3 is 0 Å². The Morgan fingerprint density at radius 1 is 1.04 bits per heavy atom. The second-order valence-corrected chi connectivity index (χ2v) is 5.96. The molecular formula is C21H22N4O2. The van der Waals surface area contributed by atoms with Crippen molar-refractivity contribution in [1.29, 1.82) is 0 Å². The van der Waals surface area contributed by atoms with Crippen molar-refractivity contribution in [2.45, 2.75) is 12.8 Å². The zero-order valence-electron chi connectivity index (χ0n) is 15.2. The highest BCUT2D eigenvalue weighted by Crippen LogP contribution is 2.26. The molecule has 0 bridgehead atoms. The van der Waals surface area contributed by atoms with Crippen LogP contribution < -0.4 is 15.4 Å². The average molecular weight is 362 g/mol. The van der Waals surface area contributed by atoms with E-state index < -0.39 is 0 Å². The largest absolute Gasteiger partial charge is 0.495 e. The number of rotatable bonds is 8. The highest BCUT2D eigenvalue weighted by atomic mass is 16.5. The Kier molecular flexibility index (Phi) is 6.35. The quantitative estimate of drug-likeness (QED) is 0.599. The molecule has 2 N–H and O–H groups in total. The molecule has 138 valence electrons. The Labute approximate surface area is 158 Å². The average Bonchev–Trinajstić information content (AvgIpc) is 2.72. The lowest BCUT2D eigenvalue weighted by Crippen LogP contribution is -2.25. The Morgan fingerprint density at radius 2 is 1.81 bits per heavy atom. The van der Waals surface area contributed by atoms with Crippen LogP contribution in [-0.4, -0.2) is 29.5 Å². The maximum absolute atomic E-state index is 12.3. The third kappa shape index (κ3) is 5.28. The number of aromatic nitrogens is 2. The minimum absolute atomic E-state index is 0.214. The maximum atomic E-state index is 12.3. The number of benzene rings is 2. The number of hydrogen-bond donors (Lipinski definition) is 2. The van der Waals surface area contributed by atoms with Crippen molar-refractivity contribution < 1.29 is 9.53 Å². The van der Waals surface area contributed by atoms with E-state index in [1.54, 1.807) is 13.2 Å². The third-order valence-corrected chi connectivity index (χ3v) is 4.04. The number of carbonyl (C=O) groups is 1. The summed E-state index contributed by atoms with van der Waals surface area (Å²) in [6, 6.07) is 19.3.